The molecule has 0 radical (unpaired) electrons. The second-order valence-electron chi connectivity index (χ2n) is 7.59. The average Bonchev–Trinajstić information content (AvgIpc) is 3.58. The monoisotopic (exact) mass is 404 g/mol. The lowest BCUT2D eigenvalue weighted by Crippen LogP contribution is -2.36. The number of epoxide rings is 1. The molecule has 1 aliphatic rings. The number of benzene rings is 4. The van der Waals surface area contributed by atoms with Crippen LogP contribution in [0.25, 0.3) is 0 Å². The summed E-state index contributed by atoms with van der Waals surface area (Å²) in [7, 11) is 0. The van der Waals surface area contributed by atoms with Gasteiger partial charge in [0.25, 0.3) is 0 Å². The van der Waals surface area contributed by atoms with Gasteiger partial charge in [0.1, 0.15) is 0 Å². The summed E-state index contributed by atoms with van der Waals surface area (Å²) in [5, 5.41) is 0. The van der Waals surface area contributed by atoms with Gasteiger partial charge in [-0.05, 0) is 11.1 Å². The number of carbonyl (C=O) groups excluding carboxylic acids is 2. The van der Waals surface area contributed by atoms with Gasteiger partial charge < -0.3 is 4.74 Å². The predicted molar refractivity (Wildman–Crippen MR) is 119 cm³/mol. The number of hydrogen-bond acceptors (Lipinski definition) is 3. The van der Waals surface area contributed by atoms with E-state index in [9.17, 15) is 9.59 Å². The van der Waals surface area contributed by atoms with E-state index in [2.05, 4.69) is 0 Å². The van der Waals surface area contributed by atoms with Crippen LogP contribution in [0, 0.1) is 0 Å². The Balaban J connectivity index is 1.77. The van der Waals surface area contributed by atoms with Crippen LogP contribution in [-0.2, 0) is 15.9 Å². The van der Waals surface area contributed by atoms with Crippen molar-refractivity contribution in [1.29, 1.82) is 0 Å². The molecule has 150 valence electrons. The molecular weight excluding hydrogens is 384 g/mol. The Morgan fingerprint density at radius 3 is 1.06 bits per heavy atom. The Kier molecular flexibility index (Phi) is 4.61. The fourth-order valence-corrected chi connectivity index (χ4v) is 4.33. The van der Waals surface area contributed by atoms with Crippen molar-refractivity contribution in [2.75, 3.05) is 0 Å². The zero-order valence-corrected chi connectivity index (χ0v) is 16.8. The summed E-state index contributed by atoms with van der Waals surface area (Å²) >= 11 is 0. The van der Waals surface area contributed by atoms with Crippen LogP contribution in [-0.4, -0.2) is 11.6 Å². The summed E-state index contributed by atoms with van der Waals surface area (Å²) in [5.41, 5.74) is -0.544. The molecule has 3 heteroatoms. The van der Waals surface area contributed by atoms with E-state index < -0.39 is 11.2 Å². The van der Waals surface area contributed by atoms with Crippen LogP contribution < -0.4 is 0 Å². The second-order valence-corrected chi connectivity index (χ2v) is 7.59. The van der Waals surface area contributed by atoms with E-state index in [0.717, 1.165) is 0 Å². The molecule has 1 saturated heterocycles. The SMILES string of the molecule is O=C(c1ccccc1)[C@@]1(c2ccccc2)O[C@@]1(C(=O)c1ccccc1)c1ccccc1. The summed E-state index contributed by atoms with van der Waals surface area (Å²) < 4.78 is 6.40. The molecule has 1 aliphatic heterocycles. The number of ketones is 2. The first kappa shape index (κ1) is 19.2. The molecule has 2 atom stereocenters. The molecule has 0 aliphatic carbocycles. The van der Waals surface area contributed by atoms with Crippen LogP contribution in [0.2, 0.25) is 0 Å². The molecule has 0 aromatic heterocycles. The Morgan fingerprint density at radius 1 is 0.452 bits per heavy atom. The largest absolute Gasteiger partial charge is 0.335 e. The van der Waals surface area contributed by atoms with Crippen molar-refractivity contribution in [3.63, 3.8) is 0 Å². The van der Waals surface area contributed by atoms with E-state index in [1.165, 1.54) is 0 Å². The third-order valence-corrected chi connectivity index (χ3v) is 5.83. The molecule has 31 heavy (non-hydrogen) atoms. The highest BCUT2D eigenvalue weighted by Crippen LogP contribution is 2.65. The van der Waals surface area contributed by atoms with Crippen LogP contribution in [0.5, 0.6) is 0 Å². The minimum atomic E-state index is -1.44. The average molecular weight is 404 g/mol. The van der Waals surface area contributed by atoms with E-state index >= 15 is 0 Å². The van der Waals surface area contributed by atoms with Gasteiger partial charge >= 0.3 is 0 Å². The number of ether oxygens (including phenoxy) is 1. The molecule has 1 heterocycles. The van der Waals surface area contributed by atoms with Crippen LogP contribution >= 0.6 is 0 Å². The maximum atomic E-state index is 14.0. The van der Waals surface area contributed by atoms with Gasteiger partial charge in [0.2, 0.25) is 11.6 Å². The van der Waals surface area contributed by atoms with Gasteiger partial charge in [-0.15, -0.1) is 0 Å². The van der Waals surface area contributed by atoms with Crippen LogP contribution in [0.3, 0.4) is 0 Å². The maximum Gasteiger partial charge on any atom is 0.203 e. The standard InChI is InChI=1S/C28H20O3/c29-25(21-13-5-1-6-14-21)27(23-17-9-3-10-18-23)28(31-27,24-19-11-4-12-20-24)26(30)22-15-7-2-8-16-22/h1-20H/t27-,28-/m1/s1. The summed E-state index contributed by atoms with van der Waals surface area (Å²) in [6.07, 6.45) is 0. The van der Waals surface area contributed by atoms with Gasteiger partial charge in [0, 0.05) is 11.1 Å². The molecule has 1 fully saturated rings. The van der Waals surface area contributed by atoms with Gasteiger partial charge in [-0.25, -0.2) is 0 Å². The Hall–Kier alpha value is -3.82. The lowest BCUT2D eigenvalue weighted by atomic mass is 9.73. The van der Waals surface area contributed by atoms with Crippen LogP contribution in [0.4, 0.5) is 0 Å². The molecule has 5 rings (SSSR count). The maximum absolute atomic E-state index is 14.0. The Bertz CT molecular complexity index is 1120. The molecule has 0 saturated carbocycles. The lowest BCUT2D eigenvalue weighted by molar-refractivity contribution is 0.0865. The van der Waals surface area contributed by atoms with Crippen molar-refractivity contribution in [2.24, 2.45) is 0 Å². The fourth-order valence-electron chi connectivity index (χ4n) is 4.33. The van der Waals surface area contributed by atoms with Crippen molar-refractivity contribution in [2.45, 2.75) is 11.2 Å². The predicted octanol–water partition coefficient (Wildman–Crippen LogP) is 5.57. The van der Waals surface area contributed by atoms with Gasteiger partial charge in [0.05, 0.1) is 0 Å². The smallest absolute Gasteiger partial charge is 0.203 e. The van der Waals surface area contributed by atoms with E-state index in [1.54, 1.807) is 24.3 Å². The van der Waals surface area contributed by atoms with Crippen molar-refractivity contribution in [1.82, 2.24) is 0 Å². The van der Waals surface area contributed by atoms with Crippen molar-refractivity contribution >= 4 is 11.6 Å². The quantitative estimate of drug-likeness (QED) is 0.312. The normalized spacial score (nSPS) is 21.9. The minimum absolute atomic E-state index is 0.229. The zero-order chi connectivity index (χ0) is 21.3. The molecule has 0 amide bonds. The molecule has 0 N–H and O–H groups in total. The number of Topliss-reactive ketones (excluding diaryl/α,β-unsaturated/α-hetero) is 2. The summed E-state index contributed by atoms with van der Waals surface area (Å²) in [6, 6.07) is 36.7. The highest BCUT2D eigenvalue weighted by atomic mass is 16.6. The molecule has 4 aromatic carbocycles. The van der Waals surface area contributed by atoms with E-state index in [0.29, 0.717) is 22.3 Å². The fraction of sp³-hybridized carbons (Fsp3) is 0.0714. The summed E-state index contributed by atoms with van der Waals surface area (Å²) in [4.78, 5) is 28.0. The van der Waals surface area contributed by atoms with Gasteiger partial charge in [-0.1, -0.05) is 121 Å². The molecule has 3 nitrogen and oxygen atoms in total. The molecule has 4 aromatic rings. The van der Waals surface area contributed by atoms with Crippen LogP contribution in [0.15, 0.2) is 121 Å². The first-order valence-corrected chi connectivity index (χ1v) is 10.2. The van der Waals surface area contributed by atoms with Crippen molar-refractivity contribution in [3.8, 4) is 0 Å². The molecule has 0 spiro atoms. The molecule has 0 bridgehead atoms. The minimum Gasteiger partial charge on any atom is -0.335 e. The van der Waals surface area contributed by atoms with E-state index in [1.807, 2.05) is 97.1 Å². The second kappa shape index (κ2) is 7.46. The topological polar surface area (TPSA) is 46.7 Å². The first-order valence-electron chi connectivity index (χ1n) is 10.2. The summed E-state index contributed by atoms with van der Waals surface area (Å²) in [6.45, 7) is 0. The van der Waals surface area contributed by atoms with Crippen molar-refractivity contribution in [3.05, 3.63) is 144 Å². The third-order valence-electron chi connectivity index (χ3n) is 5.83. The molecule has 0 unspecified atom stereocenters. The number of hydrogen-bond donors (Lipinski definition) is 0. The highest BCUT2D eigenvalue weighted by molar-refractivity contribution is 6.16. The third kappa shape index (κ3) is 2.86. The van der Waals surface area contributed by atoms with Gasteiger partial charge in [-0.3, -0.25) is 9.59 Å². The summed E-state index contributed by atoms with van der Waals surface area (Å²) in [5.74, 6) is -0.458. The van der Waals surface area contributed by atoms with Gasteiger partial charge in [0.15, 0.2) is 11.2 Å². The molecular formula is C28H20O3. The number of carbonyl (C=O) groups is 2. The Morgan fingerprint density at radius 2 is 0.742 bits per heavy atom. The zero-order valence-electron chi connectivity index (χ0n) is 16.8. The van der Waals surface area contributed by atoms with Gasteiger partial charge in [-0.2, -0.15) is 0 Å². The first-order chi connectivity index (χ1) is 15.2. The van der Waals surface area contributed by atoms with Crippen LogP contribution in [0.1, 0.15) is 31.8 Å². The highest BCUT2D eigenvalue weighted by Gasteiger charge is 2.79. The van der Waals surface area contributed by atoms with Crippen molar-refractivity contribution < 1.29 is 14.3 Å². The lowest BCUT2D eigenvalue weighted by Gasteiger charge is -2.20. The number of rotatable bonds is 6. The van der Waals surface area contributed by atoms with E-state index in [-0.39, 0.29) is 11.6 Å². The van der Waals surface area contributed by atoms with E-state index in [4.69, 9.17) is 4.74 Å². The Labute approximate surface area is 180 Å².